The zero-order valence-corrected chi connectivity index (χ0v) is 8.66. The standard InChI is InChI=1S/C10H9N3O4/c11-5-8(12-6-10(14)15)7-3-1-2-4-9(7)13(16)17/h1-4,8,12H,6H2,(H,14,15). The Kier molecular flexibility index (Phi) is 4.14. The average molecular weight is 235 g/mol. The minimum atomic E-state index is -1.14. The molecule has 0 fully saturated rings. The number of aliphatic carboxylic acids is 1. The number of nitro groups is 1. The highest BCUT2D eigenvalue weighted by atomic mass is 16.6. The maximum atomic E-state index is 10.7. The van der Waals surface area contributed by atoms with Crippen LogP contribution < -0.4 is 5.32 Å². The number of nitriles is 1. The van der Waals surface area contributed by atoms with Gasteiger partial charge in [0.15, 0.2) is 0 Å². The highest BCUT2D eigenvalue weighted by Crippen LogP contribution is 2.23. The topological polar surface area (TPSA) is 116 Å². The second kappa shape index (κ2) is 5.58. The van der Waals surface area contributed by atoms with E-state index >= 15 is 0 Å². The fraction of sp³-hybridized carbons (Fsp3) is 0.200. The van der Waals surface area contributed by atoms with Crippen LogP contribution in [0.1, 0.15) is 11.6 Å². The van der Waals surface area contributed by atoms with Crippen LogP contribution in [0.4, 0.5) is 5.69 Å². The van der Waals surface area contributed by atoms with Crippen LogP contribution in [0.5, 0.6) is 0 Å². The van der Waals surface area contributed by atoms with E-state index in [1.54, 1.807) is 12.1 Å². The molecule has 0 heterocycles. The molecule has 17 heavy (non-hydrogen) atoms. The summed E-state index contributed by atoms with van der Waals surface area (Å²) in [6.07, 6.45) is 0. The van der Waals surface area contributed by atoms with Crippen molar-refractivity contribution < 1.29 is 14.8 Å². The van der Waals surface area contributed by atoms with Gasteiger partial charge in [0, 0.05) is 6.07 Å². The first-order valence-corrected chi connectivity index (χ1v) is 4.64. The lowest BCUT2D eigenvalue weighted by atomic mass is 10.1. The minimum absolute atomic E-state index is 0.154. The summed E-state index contributed by atoms with van der Waals surface area (Å²) in [7, 11) is 0. The average Bonchev–Trinajstić information content (AvgIpc) is 2.30. The molecule has 2 N–H and O–H groups in total. The Morgan fingerprint density at radius 3 is 2.76 bits per heavy atom. The van der Waals surface area contributed by atoms with E-state index in [4.69, 9.17) is 10.4 Å². The molecule has 7 heteroatoms. The molecule has 0 amide bonds. The van der Waals surface area contributed by atoms with Gasteiger partial charge in [-0.15, -0.1) is 0 Å². The van der Waals surface area contributed by atoms with Crippen molar-refractivity contribution in [2.24, 2.45) is 0 Å². The smallest absolute Gasteiger partial charge is 0.317 e. The summed E-state index contributed by atoms with van der Waals surface area (Å²) in [5.74, 6) is -1.14. The number of hydrogen-bond donors (Lipinski definition) is 2. The molecule has 0 saturated carbocycles. The first kappa shape index (κ1) is 12.6. The lowest BCUT2D eigenvalue weighted by Gasteiger charge is -2.09. The third-order valence-corrected chi connectivity index (χ3v) is 2.03. The van der Waals surface area contributed by atoms with E-state index in [-0.39, 0.29) is 11.3 Å². The van der Waals surface area contributed by atoms with Crippen molar-refractivity contribution in [3.05, 3.63) is 39.9 Å². The summed E-state index contributed by atoms with van der Waals surface area (Å²) in [6, 6.07) is 6.48. The van der Waals surface area contributed by atoms with Crippen molar-refractivity contribution in [3.8, 4) is 6.07 Å². The van der Waals surface area contributed by atoms with E-state index in [2.05, 4.69) is 5.32 Å². The highest BCUT2D eigenvalue weighted by Gasteiger charge is 2.21. The van der Waals surface area contributed by atoms with Crippen molar-refractivity contribution in [2.45, 2.75) is 6.04 Å². The van der Waals surface area contributed by atoms with Gasteiger partial charge in [0.25, 0.3) is 5.69 Å². The van der Waals surface area contributed by atoms with Gasteiger partial charge in [0.2, 0.25) is 0 Å². The molecule has 0 radical (unpaired) electrons. The van der Waals surface area contributed by atoms with E-state index < -0.39 is 23.5 Å². The highest BCUT2D eigenvalue weighted by molar-refractivity contribution is 5.69. The molecular weight excluding hydrogens is 226 g/mol. The van der Waals surface area contributed by atoms with E-state index in [0.717, 1.165) is 0 Å². The number of carbonyl (C=O) groups is 1. The second-order valence-corrected chi connectivity index (χ2v) is 3.15. The Morgan fingerprint density at radius 2 is 2.24 bits per heavy atom. The number of carboxylic acids is 1. The van der Waals surface area contributed by atoms with Crippen molar-refractivity contribution in [1.29, 1.82) is 5.26 Å². The molecule has 1 atom stereocenters. The van der Waals surface area contributed by atoms with Crippen LogP contribution >= 0.6 is 0 Å². The first-order chi connectivity index (χ1) is 8.06. The number of nitrogens with one attached hydrogen (secondary N) is 1. The zero-order chi connectivity index (χ0) is 12.8. The van der Waals surface area contributed by atoms with E-state index in [1.807, 2.05) is 0 Å². The SMILES string of the molecule is N#CC(NCC(=O)O)c1ccccc1[N+](=O)[O-]. The zero-order valence-electron chi connectivity index (χ0n) is 8.66. The summed E-state index contributed by atoms with van der Waals surface area (Å²) >= 11 is 0. The van der Waals surface area contributed by atoms with Crippen LogP contribution in [0.2, 0.25) is 0 Å². The first-order valence-electron chi connectivity index (χ1n) is 4.64. The molecule has 1 aromatic carbocycles. The molecule has 0 bridgehead atoms. The number of hydrogen-bond acceptors (Lipinski definition) is 5. The lowest BCUT2D eigenvalue weighted by Crippen LogP contribution is -2.26. The van der Waals surface area contributed by atoms with Crippen LogP contribution in [-0.2, 0) is 4.79 Å². The molecule has 1 aromatic rings. The molecule has 88 valence electrons. The summed E-state index contributed by atoms with van der Waals surface area (Å²) in [5, 5.41) is 30.5. The van der Waals surface area contributed by atoms with Crippen LogP contribution in [0.15, 0.2) is 24.3 Å². The van der Waals surface area contributed by atoms with Gasteiger partial charge in [-0.1, -0.05) is 12.1 Å². The fourth-order valence-electron chi connectivity index (χ4n) is 1.31. The number of carboxylic acid groups (broad SMARTS) is 1. The van der Waals surface area contributed by atoms with Gasteiger partial charge in [-0.2, -0.15) is 5.26 Å². The van der Waals surface area contributed by atoms with E-state index in [9.17, 15) is 14.9 Å². The summed E-state index contributed by atoms with van der Waals surface area (Å²) in [5.41, 5.74) is -0.0572. The quantitative estimate of drug-likeness (QED) is 0.576. The molecule has 0 aromatic heterocycles. The van der Waals surface area contributed by atoms with Crippen LogP contribution in [-0.4, -0.2) is 22.5 Å². The molecule has 0 aliphatic carbocycles. The Balaban J connectivity index is 3.00. The maximum absolute atomic E-state index is 10.7. The Morgan fingerprint density at radius 1 is 1.59 bits per heavy atom. The molecule has 0 spiro atoms. The molecule has 0 aliphatic heterocycles. The number of benzene rings is 1. The summed E-state index contributed by atoms with van der Waals surface area (Å²) < 4.78 is 0. The molecule has 0 saturated heterocycles. The fourth-order valence-corrected chi connectivity index (χ4v) is 1.31. The number of para-hydroxylation sites is 1. The maximum Gasteiger partial charge on any atom is 0.317 e. The van der Waals surface area contributed by atoms with Crippen LogP contribution in [0.25, 0.3) is 0 Å². The number of rotatable bonds is 5. The minimum Gasteiger partial charge on any atom is -0.480 e. The van der Waals surface area contributed by atoms with Crippen LogP contribution in [0.3, 0.4) is 0 Å². The second-order valence-electron chi connectivity index (χ2n) is 3.15. The van der Waals surface area contributed by atoms with Gasteiger partial charge in [0.1, 0.15) is 6.04 Å². The Bertz CT molecular complexity index is 481. The predicted molar refractivity (Wildman–Crippen MR) is 57.1 cm³/mol. The molecular formula is C10H9N3O4. The number of nitro benzene ring substituents is 1. The molecule has 1 unspecified atom stereocenters. The third-order valence-electron chi connectivity index (χ3n) is 2.03. The van der Waals surface area contributed by atoms with Gasteiger partial charge in [-0.3, -0.25) is 20.2 Å². The molecule has 7 nitrogen and oxygen atoms in total. The lowest BCUT2D eigenvalue weighted by molar-refractivity contribution is -0.385. The van der Waals surface area contributed by atoms with Crippen molar-refractivity contribution in [1.82, 2.24) is 5.32 Å². The van der Waals surface area contributed by atoms with Gasteiger partial charge in [0.05, 0.1) is 23.1 Å². The van der Waals surface area contributed by atoms with Gasteiger partial charge >= 0.3 is 5.97 Å². The normalized spacial score (nSPS) is 11.5. The van der Waals surface area contributed by atoms with Crippen LogP contribution in [0, 0.1) is 21.4 Å². The van der Waals surface area contributed by atoms with E-state index in [0.29, 0.717) is 0 Å². The Labute approximate surface area is 96.4 Å². The summed E-state index contributed by atoms with van der Waals surface area (Å²) in [6.45, 7) is -0.440. The third kappa shape index (κ3) is 3.25. The van der Waals surface area contributed by atoms with Crippen molar-refractivity contribution >= 4 is 11.7 Å². The number of nitrogens with zero attached hydrogens (tertiary/aromatic N) is 2. The Hall–Kier alpha value is -2.46. The molecule has 0 aliphatic rings. The van der Waals surface area contributed by atoms with Gasteiger partial charge < -0.3 is 5.11 Å². The van der Waals surface area contributed by atoms with Crippen molar-refractivity contribution in [2.75, 3.05) is 6.54 Å². The predicted octanol–water partition coefficient (Wildman–Crippen LogP) is 0.834. The molecule has 1 rings (SSSR count). The largest absolute Gasteiger partial charge is 0.480 e. The summed E-state index contributed by atoms with van der Waals surface area (Å²) in [4.78, 5) is 20.5. The van der Waals surface area contributed by atoms with Crippen molar-refractivity contribution in [3.63, 3.8) is 0 Å². The van der Waals surface area contributed by atoms with Gasteiger partial charge in [-0.05, 0) is 6.07 Å². The van der Waals surface area contributed by atoms with Gasteiger partial charge in [-0.25, -0.2) is 0 Å². The van der Waals surface area contributed by atoms with E-state index in [1.165, 1.54) is 18.2 Å². The monoisotopic (exact) mass is 235 g/mol.